The predicted molar refractivity (Wildman–Crippen MR) is 157 cm³/mol. The topological polar surface area (TPSA) is 83.7 Å². The third-order valence-corrected chi connectivity index (χ3v) is 7.32. The molecule has 0 bridgehead atoms. The Hall–Kier alpha value is -3.62. The minimum Gasteiger partial charge on any atom is -0.496 e. The van der Waals surface area contributed by atoms with Crippen LogP contribution in [0.1, 0.15) is 58.0 Å². The molecule has 2 N–H and O–H groups in total. The largest absolute Gasteiger partial charge is 0.496 e. The van der Waals surface area contributed by atoms with Gasteiger partial charge >= 0.3 is 0 Å². The number of allylic oxidation sites excluding steroid dienone is 3. The molecule has 3 aromatic rings. The molecule has 8 heteroatoms. The second-order valence-electron chi connectivity index (χ2n) is 9.27. The fourth-order valence-corrected chi connectivity index (χ4v) is 5.37. The highest BCUT2D eigenvalue weighted by molar-refractivity contribution is 9.10. The van der Waals surface area contributed by atoms with Crippen molar-refractivity contribution in [3.63, 3.8) is 0 Å². The molecule has 7 nitrogen and oxygen atoms in total. The third kappa shape index (κ3) is 6.52. The van der Waals surface area contributed by atoms with Crippen LogP contribution >= 0.6 is 15.9 Å². The van der Waals surface area contributed by atoms with Gasteiger partial charge in [-0.25, -0.2) is 0 Å². The van der Waals surface area contributed by atoms with E-state index in [1.807, 2.05) is 67.7 Å². The number of aromatic amines is 1. The molecule has 1 aliphatic heterocycles. The SMILES string of the molecule is C/C=C\CC=Cc1cc(C2C(C(=O)NCc3cc(Br)ccc3OC)c3ccccc3C(=O)N2CCOC)c[nH]1. The number of ether oxygens (including phenoxy) is 2. The van der Waals surface area contributed by atoms with Crippen LogP contribution in [0.5, 0.6) is 5.75 Å². The highest BCUT2D eigenvalue weighted by Crippen LogP contribution is 2.43. The van der Waals surface area contributed by atoms with E-state index in [1.165, 1.54) is 0 Å². The molecular weight excluding hydrogens is 558 g/mol. The maximum atomic E-state index is 14.0. The van der Waals surface area contributed by atoms with Gasteiger partial charge in [-0.3, -0.25) is 9.59 Å². The lowest BCUT2D eigenvalue weighted by atomic mass is 9.79. The van der Waals surface area contributed by atoms with E-state index in [1.54, 1.807) is 25.2 Å². The van der Waals surface area contributed by atoms with Gasteiger partial charge in [0.05, 0.1) is 25.7 Å². The van der Waals surface area contributed by atoms with Gasteiger partial charge < -0.3 is 24.7 Å². The van der Waals surface area contributed by atoms with Crippen LogP contribution in [0.3, 0.4) is 0 Å². The van der Waals surface area contributed by atoms with Gasteiger partial charge in [0.1, 0.15) is 5.75 Å². The monoisotopic (exact) mass is 591 g/mol. The summed E-state index contributed by atoms with van der Waals surface area (Å²) in [7, 11) is 3.22. The van der Waals surface area contributed by atoms with Crippen LogP contribution in [0.15, 0.2) is 77.4 Å². The average Bonchev–Trinajstić information content (AvgIpc) is 3.42. The number of amides is 2. The summed E-state index contributed by atoms with van der Waals surface area (Å²) in [5.74, 6) is -0.215. The summed E-state index contributed by atoms with van der Waals surface area (Å²) in [6, 6.07) is 14.6. The summed E-state index contributed by atoms with van der Waals surface area (Å²) in [5.41, 5.74) is 3.87. The molecule has 2 aromatic carbocycles. The Labute approximate surface area is 238 Å². The number of halogens is 1. The average molecular weight is 593 g/mol. The van der Waals surface area contributed by atoms with Crippen molar-refractivity contribution < 1.29 is 19.1 Å². The predicted octanol–water partition coefficient (Wildman–Crippen LogP) is 6.01. The van der Waals surface area contributed by atoms with Gasteiger partial charge in [-0.2, -0.15) is 0 Å². The molecule has 0 saturated heterocycles. The molecule has 204 valence electrons. The number of nitrogens with zero attached hydrogens (tertiary/aromatic N) is 1. The number of benzene rings is 2. The Bertz CT molecular complexity index is 1360. The number of nitrogens with one attached hydrogen (secondary N) is 2. The minimum absolute atomic E-state index is 0.114. The Morgan fingerprint density at radius 1 is 1.15 bits per heavy atom. The molecule has 1 aromatic heterocycles. The second-order valence-corrected chi connectivity index (χ2v) is 10.2. The number of hydrogen-bond acceptors (Lipinski definition) is 4. The highest BCUT2D eigenvalue weighted by atomic mass is 79.9. The lowest BCUT2D eigenvalue weighted by Gasteiger charge is -2.41. The Morgan fingerprint density at radius 2 is 1.97 bits per heavy atom. The van der Waals surface area contributed by atoms with Gasteiger partial charge in [0.25, 0.3) is 5.91 Å². The van der Waals surface area contributed by atoms with E-state index < -0.39 is 12.0 Å². The highest BCUT2D eigenvalue weighted by Gasteiger charge is 2.44. The van der Waals surface area contributed by atoms with E-state index in [-0.39, 0.29) is 18.4 Å². The zero-order valence-electron chi connectivity index (χ0n) is 22.4. The van der Waals surface area contributed by atoms with Gasteiger partial charge in [0, 0.05) is 47.7 Å². The molecule has 2 heterocycles. The van der Waals surface area contributed by atoms with E-state index >= 15 is 0 Å². The molecule has 1 aliphatic rings. The number of aromatic nitrogens is 1. The van der Waals surface area contributed by atoms with E-state index in [2.05, 4.69) is 38.4 Å². The van der Waals surface area contributed by atoms with Crippen molar-refractivity contribution in [3.8, 4) is 5.75 Å². The van der Waals surface area contributed by atoms with Crippen molar-refractivity contribution in [2.45, 2.75) is 31.8 Å². The molecule has 39 heavy (non-hydrogen) atoms. The molecule has 0 saturated carbocycles. The van der Waals surface area contributed by atoms with Crippen molar-refractivity contribution in [3.05, 3.63) is 105 Å². The Balaban J connectivity index is 1.72. The third-order valence-electron chi connectivity index (χ3n) is 6.83. The summed E-state index contributed by atoms with van der Waals surface area (Å²) >= 11 is 3.50. The normalized spacial score (nSPS) is 17.1. The number of carbonyl (C=O) groups excluding carboxylic acids is 2. The molecule has 0 spiro atoms. The molecule has 2 atom stereocenters. The summed E-state index contributed by atoms with van der Waals surface area (Å²) in [6.45, 7) is 2.99. The van der Waals surface area contributed by atoms with Crippen molar-refractivity contribution in [1.29, 1.82) is 0 Å². The zero-order chi connectivity index (χ0) is 27.8. The quantitative estimate of drug-likeness (QED) is 0.267. The van der Waals surface area contributed by atoms with Gasteiger partial charge in [-0.1, -0.05) is 52.4 Å². The maximum Gasteiger partial charge on any atom is 0.254 e. The fraction of sp³-hybridized carbons (Fsp3) is 0.290. The van der Waals surface area contributed by atoms with Crippen molar-refractivity contribution in [2.24, 2.45) is 0 Å². The van der Waals surface area contributed by atoms with Crippen molar-refractivity contribution in [1.82, 2.24) is 15.2 Å². The van der Waals surface area contributed by atoms with Crippen LogP contribution in [-0.2, 0) is 16.1 Å². The van der Waals surface area contributed by atoms with Crippen LogP contribution in [0.2, 0.25) is 0 Å². The van der Waals surface area contributed by atoms with Crippen LogP contribution in [0, 0.1) is 0 Å². The van der Waals surface area contributed by atoms with Crippen LogP contribution in [0.4, 0.5) is 0 Å². The molecule has 2 amide bonds. The first-order valence-corrected chi connectivity index (χ1v) is 13.7. The lowest BCUT2D eigenvalue weighted by Crippen LogP contribution is -2.48. The van der Waals surface area contributed by atoms with Gasteiger partial charge in [0.15, 0.2) is 0 Å². The smallest absolute Gasteiger partial charge is 0.254 e. The molecule has 2 unspecified atom stereocenters. The molecule has 0 aliphatic carbocycles. The van der Waals surface area contributed by atoms with E-state index in [0.717, 1.165) is 27.7 Å². The summed E-state index contributed by atoms with van der Waals surface area (Å²) < 4.78 is 11.7. The number of fused-ring (bicyclic) bond motifs is 1. The van der Waals surface area contributed by atoms with Crippen LogP contribution < -0.4 is 10.1 Å². The number of methoxy groups -OCH3 is 2. The van der Waals surface area contributed by atoms with E-state index in [4.69, 9.17) is 9.47 Å². The molecular formula is C31H34BrN3O4. The fourth-order valence-electron chi connectivity index (χ4n) is 4.97. The second kappa shape index (κ2) is 13.4. The molecule has 0 fully saturated rings. The van der Waals surface area contributed by atoms with Gasteiger partial charge in [-0.15, -0.1) is 0 Å². The standard InChI is InChI=1S/C31H34BrN3O4/c1-4-5-6-7-10-24-18-22(20-33-24)29-28(30(36)34-19-21-17-23(32)13-14-27(21)39-3)25-11-8-9-12-26(25)31(37)35(29)15-16-38-2/h4-5,7-14,17-18,20,28-29,33H,6,15-16,19H2,1-3H3,(H,34,36)/b5-4-,10-7?. The van der Waals surface area contributed by atoms with Gasteiger partial charge in [-0.05, 0) is 60.9 Å². The number of rotatable bonds is 11. The van der Waals surface area contributed by atoms with Crippen LogP contribution in [-0.4, -0.2) is 49.1 Å². The van der Waals surface area contributed by atoms with Gasteiger partial charge in [0.2, 0.25) is 5.91 Å². The first-order valence-electron chi connectivity index (χ1n) is 12.9. The number of carbonyl (C=O) groups is 2. The first kappa shape index (κ1) is 28.4. The number of H-pyrrole nitrogens is 1. The Morgan fingerprint density at radius 3 is 2.74 bits per heavy atom. The van der Waals surface area contributed by atoms with E-state index in [9.17, 15) is 9.59 Å². The summed E-state index contributed by atoms with van der Waals surface area (Å²) in [4.78, 5) is 32.8. The number of hydrogen-bond donors (Lipinski definition) is 2. The van der Waals surface area contributed by atoms with E-state index in [0.29, 0.717) is 30.0 Å². The molecule has 4 rings (SSSR count). The van der Waals surface area contributed by atoms with Crippen molar-refractivity contribution >= 4 is 33.8 Å². The maximum absolute atomic E-state index is 14.0. The Kier molecular flexibility index (Phi) is 9.79. The minimum atomic E-state index is -0.621. The zero-order valence-corrected chi connectivity index (χ0v) is 24.0. The van der Waals surface area contributed by atoms with Crippen LogP contribution in [0.25, 0.3) is 6.08 Å². The summed E-state index contributed by atoms with van der Waals surface area (Å²) in [6.07, 6.45) is 10.9. The molecule has 0 radical (unpaired) electrons. The lowest BCUT2D eigenvalue weighted by molar-refractivity contribution is -0.124. The first-order chi connectivity index (χ1) is 19.0. The van der Waals surface area contributed by atoms with Crippen molar-refractivity contribution in [2.75, 3.05) is 27.4 Å². The summed E-state index contributed by atoms with van der Waals surface area (Å²) in [5, 5.41) is 3.12.